The van der Waals surface area contributed by atoms with E-state index in [1.165, 1.54) is 0 Å². The number of hydrogen-bond donors (Lipinski definition) is 2. The summed E-state index contributed by atoms with van der Waals surface area (Å²) in [5.41, 5.74) is 5.25. The maximum atomic E-state index is 11.9. The van der Waals surface area contributed by atoms with Gasteiger partial charge in [-0.05, 0) is 33.6 Å². The minimum absolute atomic E-state index is 0.0564. The molecule has 3 N–H and O–H groups in total. The van der Waals surface area contributed by atoms with Gasteiger partial charge in [-0.3, -0.25) is 4.79 Å². The number of rotatable bonds is 8. The standard InChI is InChI=1S/C13H28N2O2/c1-6-8-10(3)15-12(16)11(4)17-13(5,7-2)9-14/h10-11H,6-9,14H2,1-5H3,(H,15,16). The van der Waals surface area contributed by atoms with E-state index in [2.05, 4.69) is 12.2 Å². The van der Waals surface area contributed by atoms with Crippen LogP contribution in [0.4, 0.5) is 0 Å². The minimum Gasteiger partial charge on any atom is -0.361 e. The van der Waals surface area contributed by atoms with Crippen LogP contribution in [0.1, 0.15) is 53.9 Å². The molecule has 4 heteroatoms. The van der Waals surface area contributed by atoms with E-state index in [0.717, 1.165) is 19.3 Å². The van der Waals surface area contributed by atoms with Gasteiger partial charge in [-0.2, -0.15) is 0 Å². The maximum absolute atomic E-state index is 11.9. The summed E-state index contributed by atoms with van der Waals surface area (Å²) in [4.78, 5) is 11.9. The summed E-state index contributed by atoms with van der Waals surface area (Å²) in [5.74, 6) is -0.0564. The second kappa shape index (κ2) is 7.67. The number of carbonyl (C=O) groups excluding carboxylic acids is 1. The van der Waals surface area contributed by atoms with Crippen molar-refractivity contribution >= 4 is 5.91 Å². The first-order chi connectivity index (χ1) is 7.88. The summed E-state index contributed by atoms with van der Waals surface area (Å²) in [5, 5.41) is 2.95. The highest BCUT2D eigenvalue weighted by Crippen LogP contribution is 2.16. The number of amides is 1. The Kier molecular flexibility index (Phi) is 7.39. The van der Waals surface area contributed by atoms with E-state index in [1.54, 1.807) is 6.92 Å². The summed E-state index contributed by atoms with van der Waals surface area (Å²) in [7, 11) is 0. The topological polar surface area (TPSA) is 64.3 Å². The zero-order chi connectivity index (χ0) is 13.5. The quantitative estimate of drug-likeness (QED) is 0.684. The van der Waals surface area contributed by atoms with E-state index in [0.29, 0.717) is 6.54 Å². The molecule has 102 valence electrons. The second-order valence-electron chi connectivity index (χ2n) is 4.97. The molecule has 0 saturated heterocycles. The largest absolute Gasteiger partial charge is 0.361 e. The Balaban J connectivity index is 4.22. The third-order valence-electron chi connectivity index (χ3n) is 3.12. The third kappa shape index (κ3) is 6.03. The number of hydrogen-bond acceptors (Lipinski definition) is 3. The van der Waals surface area contributed by atoms with E-state index in [-0.39, 0.29) is 11.9 Å². The molecule has 0 heterocycles. The normalized spacial score (nSPS) is 18.2. The van der Waals surface area contributed by atoms with Crippen LogP contribution in [0.5, 0.6) is 0 Å². The van der Waals surface area contributed by atoms with Crippen LogP contribution in [0.3, 0.4) is 0 Å². The van der Waals surface area contributed by atoms with Crippen molar-refractivity contribution in [1.29, 1.82) is 0 Å². The Labute approximate surface area is 105 Å². The number of carbonyl (C=O) groups is 1. The van der Waals surface area contributed by atoms with Crippen LogP contribution >= 0.6 is 0 Å². The van der Waals surface area contributed by atoms with Crippen LogP contribution in [-0.2, 0) is 9.53 Å². The fourth-order valence-corrected chi connectivity index (χ4v) is 1.62. The first-order valence-corrected chi connectivity index (χ1v) is 6.56. The molecule has 0 aromatic carbocycles. The van der Waals surface area contributed by atoms with E-state index >= 15 is 0 Å². The fraction of sp³-hybridized carbons (Fsp3) is 0.923. The van der Waals surface area contributed by atoms with Gasteiger partial charge in [0.1, 0.15) is 6.10 Å². The van der Waals surface area contributed by atoms with Gasteiger partial charge in [0.25, 0.3) is 0 Å². The molecule has 0 aromatic rings. The lowest BCUT2D eigenvalue weighted by atomic mass is 10.0. The second-order valence-corrected chi connectivity index (χ2v) is 4.97. The monoisotopic (exact) mass is 244 g/mol. The molecular weight excluding hydrogens is 216 g/mol. The molecule has 0 spiro atoms. The van der Waals surface area contributed by atoms with Crippen molar-refractivity contribution in [1.82, 2.24) is 5.32 Å². The molecule has 0 fully saturated rings. The van der Waals surface area contributed by atoms with E-state index in [4.69, 9.17) is 10.5 Å². The van der Waals surface area contributed by atoms with Crippen molar-refractivity contribution in [3.05, 3.63) is 0 Å². The van der Waals surface area contributed by atoms with Crippen molar-refractivity contribution in [2.75, 3.05) is 6.54 Å². The Bertz CT molecular complexity index is 227. The van der Waals surface area contributed by atoms with E-state index < -0.39 is 11.7 Å². The van der Waals surface area contributed by atoms with Gasteiger partial charge in [0.2, 0.25) is 5.91 Å². The summed E-state index contributed by atoms with van der Waals surface area (Å²) in [6, 6.07) is 0.198. The zero-order valence-electron chi connectivity index (χ0n) is 11.9. The van der Waals surface area contributed by atoms with Gasteiger partial charge in [-0.1, -0.05) is 20.3 Å². The fourth-order valence-electron chi connectivity index (χ4n) is 1.62. The SMILES string of the molecule is CCCC(C)NC(=O)C(C)OC(C)(CC)CN. The smallest absolute Gasteiger partial charge is 0.249 e. The van der Waals surface area contributed by atoms with Gasteiger partial charge in [0.05, 0.1) is 5.60 Å². The van der Waals surface area contributed by atoms with E-state index in [1.807, 2.05) is 20.8 Å². The van der Waals surface area contributed by atoms with Crippen molar-refractivity contribution in [3.63, 3.8) is 0 Å². The summed E-state index contributed by atoms with van der Waals surface area (Å²) >= 11 is 0. The molecule has 0 saturated carbocycles. The lowest BCUT2D eigenvalue weighted by molar-refractivity contribution is -0.143. The molecule has 0 bridgehead atoms. The third-order valence-corrected chi connectivity index (χ3v) is 3.12. The Morgan fingerprint density at radius 1 is 1.41 bits per heavy atom. The average Bonchev–Trinajstić information content (AvgIpc) is 2.28. The van der Waals surface area contributed by atoms with Crippen LogP contribution < -0.4 is 11.1 Å². The number of nitrogens with one attached hydrogen (secondary N) is 1. The predicted octanol–water partition coefficient (Wildman–Crippen LogP) is 1.82. The van der Waals surface area contributed by atoms with Crippen LogP contribution in [0.25, 0.3) is 0 Å². The molecule has 4 nitrogen and oxygen atoms in total. The van der Waals surface area contributed by atoms with Crippen LogP contribution in [0.2, 0.25) is 0 Å². The lowest BCUT2D eigenvalue weighted by Gasteiger charge is -2.30. The number of ether oxygens (including phenoxy) is 1. The van der Waals surface area contributed by atoms with E-state index in [9.17, 15) is 4.79 Å². The van der Waals surface area contributed by atoms with Gasteiger partial charge < -0.3 is 15.8 Å². The van der Waals surface area contributed by atoms with Crippen LogP contribution in [0, 0.1) is 0 Å². The van der Waals surface area contributed by atoms with Crippen molar-refractivity contribution < 1.29 is 9.53 Å². The lowest BCUT2D eigenvalue weighted by Crippen LogP contribution is -2.46. The van der Waals surface area contributed by atoms with Gasteiger partial charge in [-0.15, -0.1) is 0 Å². The van der Waals surface area contributed by atoms with Crippen molar-refractivity contribution in [3.8, 4) is 0 Å². The molecule has 0 aliphatic heterocycles. The molecule has 0 aromatic heterocycles. The Morgan fingerprint density at radius 3 is 2.41 bits per heavy atom. The highest BCUT2D eigenvalue weighted by Gasteiger charge is 2.27. The molecular formula is C13H28N2O2. The van der Waals surface area contributed by atoms with Gasteiger partial charge in [-0.25, -0.2) is 0 Å². The highest BCUT2D eigenvalue weighted by molar-refractivity contribution is 5.80. The minimum atomic E-state index is -0.456. The van der Waals surface area contributed by atoms with Crippen molar-refractivity contribution in [2.45, 2.75) is 71.6 Å². The molecule has 0 rings (SSSR count). The predicted molar refractivity (Wildman–Crippen MR) is 70.8 cm³/mol. The summed E-state index contributed by atoms with van der Waals surface area (Å²) in [6.45, 7) is 10.3. The average molecular weight is 244 g/mol. The number of nitrogens with two attached hydrogens (primary N) is 1. The molecule has 0 radical (unpaired) electrons. The van der Waals surface area contributed by atoms with Gasteiger partial charge >= 0.3 is 0 Å². The van der Waals surface area contributed by atoms with Crippen molar-refractivity contribution in [2.24, 2.45) is 5.73 Å². The molecule has 0 aliphatic rings. The Hall–Kier alpha value is -0.610. The molecule has 17 heavy (non-hydrogen) atoms. The summed E-state index contributed by atoms with van der Waals surface area (Å²) in [6.07, 6.45) is 2.39. The maximum Gasteiger partial charge on any atom is 0.249 e. The highest BCUT2D eigenvalue weighted by atomic mass is 16.5. The molecule has 0 aliphatic carbocycles. The van der Waals surface area contributed by atoms with Gasteiger partial charge in [0, 0.05) is 12.6 Å². The summed E-state index contributed by atoms with van der Waals surface area (Å²) < 4.78 is 5.74. The Morgan fingerprint density at radius 2 is 2.00 bits per heavy atom. The van der Waals surface area contributed by atoms with Crippen LogP contribution in [0.15, 0.2) is 0 Å². The molecule has 1 amide bonds. The van der Waals surface area contributed by atoms with Gasteiger partial charge in [0.15, 0.2) is 0 Å². The molecule has 3 unspecified atom stereocenters. The zero-order valence-corrected chi connectivity index (χ0v) is 11.9. The first kappa shape index (κ1) is 16.4. The van der Waals surface area contributed by atoms with Crippen LogP contribution in [-0.4, -0.2) is 30.2 Å². The molecule has 3 atom stereocenters. The first-order valence-electron chi connectivity index (χ1n) is 6.56.